The van der Waals surface area contributed by atoms with Crippen LogP contribution in [-0.2, 0) is 14.6 Å². The lowest BCUT2D eigenvalue weighted by molar-refractivity contribution is 0.0697. The van der Waals surface area contributed by atoms with E-state index in [9.17, 15) is 13.2 Å². The third-order valence-electron chi connectivity index (χ3n) is 3.09. The number of fused-ring (bicyclic) bond motifs is 1. The molecule has 1 heterocycles. The molecule has 0 saturated carbocycles. The highest BCUT2D eigenvalue weighted by Gasteiger charge is 2.37. The van der Waals surface area contributed by atoms with Crippen molar-refractivity contribution in [1.82, 2.24) is 4.98 Å². The van der Waals surface area contributed by atoms with Crippen LogP contribution in [0.25, 0.3) is 11.1 Å². The first kappa shape index (κ1) is 13.5. The Labute approximate surface area is 110 Å². The van der Waals surface area contributed by atoms with Gasteiger partial charge in [0.15, 0.2) is 15.4 Å². The normalized spacial score (nSPS) is 12.8. The van der Waals surface area contributed by atoms with E-state index < -0.39 is 20.6 Å². The summed E-state index contributed by atoms with van der Waals surface area (Å²) < 4.78 is 27.5. The standard InChI is InChI=1S/C12H13NO5S/c1-12(2,19(3,16)17)11-13-8-6-4-5-7(10(14)15)9(8)18-11/h4-6H,1-3H3,(H,14,15). The fourth-order valence-electron chi connectivity index (χ4n) is 1.53. The van der Waals surface area contributed by atoms with Crippen LogP contribution in [0.3, 0.4) is 0 Å². The summed E-state index contributed by atoms with van der Waals surface area (Å²) in [6, 6.07) is 4.49. The third kappa shape index (κ3) is 2.10. The zero-order chi connectivity index (χ0) is 14.4. The minimum Gasteiger partial charge on any atom is -0.478 e. The number of carboxylic acids is 1. The van der Waals surface area contributed by atoms with Crippen molar-refractivity contribution in [2.75, 3.05) is 6.26 Å². The lowest BCUT2D eigenvalue weighted by Crippen LogP contribution is -2.28. The highest BCUT2D eigenvalue weighted by atomic mass is 32.2. The molecular formula is C12H13NO5S. The fraction of sp³-hybridized carbons (Fsp3) is 0.333. The van der Waals surface area contributed by atoms with Gasteiger partial charge in [-0.15, -0.1) is 0 Å². The Balaban J connectivity index is 2.73. The second-order valence-corrected chi connectivity index (χ2v) is 7.33. The summed E-state index contributed by atoms with van der Waals surface area (Å²) in [5.41, 5.74) is 0.369. The average molecular weight is 283 g/mol. The van der Waals surface area contributed by atoms with Crippen LogP contribution >= 0.6 is 0 Å². The molecule has 0 unspecified atom stereocenters. The summed E-state index contributed by atoms with van der Waals surface area (Å²) in [6.07, 6.45) is 1.08. The monoisotopic (exact) mass is 283 g/mol. The largest absolute Gasteiger partial charge is 0.478 e. The van der Waals surface area contributed by atoms with E-state index in [4.69, 9.17) is 9.52 Å². The maximum Gasteiger partial charge on any atom is 0.339 e. The third-order valence-corrected chi connectivity index (χ3v) is 5.12. The summed E-state index contributed by atoms with van der Waals surface area (Å²) >= 11 is 0. The quantitative estimate of drug-likeness (QED) is 0.922. The predicted molar refractivity (Wildman–Crippen MR) is 68.8 cm³/mol. The number of oxazole rings is 1. The van der Waals surface area contributed by atoms with E-state index in [-0.39, 0.29) is 17.0 Å². The van der Waals surface area contributed by atoms with Crippen LogP contribution in [0.2, 0.25) is 0 Å². The van der Waals surface area contributed by atoms with Crippen molar-refractivity contribution >= 4 is 26.9 Å². The number of nitrogens with zero attached hydrogens (tertiary/aromatic N) is 1. The maximum absolute atomic E-state index is 11.7. The molecule has 2 rings (SSSR count). The molecule has 0 aliphatic rings. The molecule has 0 radical (unpaired) electrons. The van der Waals surface area contributed by atoms with Gasteiger partial charge in [0, 0.05) is 6.26 Å². The number of rotatable bonds is 3. The molecule has 6 nitrogen and oxygen atoms in total. The number of hydrogen-bond acceptors (Lipinski definition) is 5. The highest BCUT2D eigenvalue weighted by molar-refractivity contribution is 7.91. The number of sulfone groups is 1. The number of carboxylic acid groups (broad SMARTS) is 1. The van der Waals surface area contributed by atoms with Crippen LogP contribution in [0.1, 0.15) is 30.1 Å². The lowest BCUT2D eigenvalue weighted by atomic mass is 10.2. The molecule has 7 heteroatoms. The van der Waals surface area contributed by atoms with Crippen molar-refractivity contribution in [2.45, 2.75) is 18.6 Å². The molecule has 19 heavy (non-hydrogen) atoms. The molecule has 0 saturated heterocycles. The van der Waals surface area contributed by atoms with Gasteiger partial charge in [-0.25, -0.2) is 18.2 Å². The van der Waals surface area contributed by atoms with E-state index in [1.807, 2.05) is 0 Å². The van der Waals surface area contributed by atoms with Gasteiger partial charge < -0.3 is 9.52 Å². The van der Waals surface area contributed by atoms with Crippen molar-refractivity contribution in [3.8, 4) is 0 Å². The van der Waals surface area contributed by atoms with Crippen molar-refractivity contribution < 1.29 is 22.7 Å². The van der Waals surface area contributed by atoms with Crippen LogP contribution in [0.15, 0.2) is 22.6 Å². The van der Waals surface area contributed by atoms with Crippen LogP contribution in [-0.4, -0.2) is 30.7 Å². The molecule has 102 valence electrons. The number of hydrogen-bond donors (Lipinski definition) is 1. The van der Waals surface area contributed by atoms with Gasteiger partial charge >= 0.3 is 5.97 Å². The van der Waals surface area contributed by atoms with E-state index >= 15 is 0 Å². The van der Waals surface area contributed by atoms with Crippen molar-refractivity contribution in [1.29, 1.82) is 0 Å². The summed E-state index contributed by atoms with van der Waals surface area (Å²) in [5, 5.41) is 9.05. The molecule has 0 atom stereocenters. The van der Waals surface area contributed by atoms with Gasteiger partial charge in [0.25, 0.3) is 0 Å². The summed E-state index contributed by atoms with van der Waals surface area (Å²) in [7, 11) is -3.44. The molecule has 1 aromatic carbocycles. The Morgan fingerprint density at radius 3 is 2.53 bits per heavy atom. The molecule has 0 fully saturated rings. The smallest absolute Gasteiger partial charge is 0.339 e. The first-order valence-electron chi connectivity index (χ1n) is 5.47. The van der Waals surface area contributed by atoms with E-state index in [0.717, 1.165) is 6.26 Å². The Morgan fingerprint density at radius 2 is 2.00 bits per heavy atom. The van der Waals surface area contributed by atoms with Gasteiger partial charge in [-0.2, -0.15) is 0 Å². The minimum absolute atomic E-state index is 0.0151. The Kier molecular flexibility index (Phi) is 2.89. The molecular weight excluding hydrogens is 270 g/mol. The van der Waals surface area contributed by atoms with Gasteiger partial charge in [-0.3, -0.25) is 0 Å². The summed E-state index contributed by atoms with van der Waals surface area (Å²) in [4.78, 5) is 15.1. The molecule has 0 aliphatic heterocycles. The van der Waals surface area contributed by atoms with Crippen molar-refractivity contribution in [3.05, 3.63) is 29.7 Å². The van der Waals surface area contributed by atoms with Gasteiger partial charge in [0.1, 0.15) is 15.8 Å². The van der Waals surface area contributed by atoms with E-state index in [0.29, 0.717) is 5.52 Å². The van der Waals surface area contributed by atoms with E-state index in [1.165, 1.54) is 26.0 Å². The lowest BCUT2D eigenvalue weighted by Gasteiger charge is -2.17. The highest BCUT2D eigenvalue weighted by Crippen LogP contribution is 2.31. The molecule has 0 spiro atoms. The first-order valence-corrected chi connectivity index (χ1v) is 7.36. The Hall–Kier alpha value is -1.89. The van der Waals surface area contributed by atoms with Gasteiger partial charge in [-0.1, -0.05) is 6.07 Å². The van der Waals surface area contributed by atoms with Crippen LogP contribution in [0.5, 0.6) is 0 Å². The minimum atomic E-state index is -3.44. The van der Waals surface area contributed by atoms with Gasteiger partial charge in [0.05, 0.1) is 0 Å². The van der Waals surface area contributed by atoms with Crippen LogP contribution < -0.4 is 0 Å². The predicted octanol–water partition coefficient (Wildman–Crippen LogP) is 1.81. The average Bonchev–Trinajstić information content (AvgIpc) is 2.70. The second kappa shape index (κ2) is 4.06. The molecule has 0 aliphatic carbocycles. The second-order valence-electron chi connectivity index (χ2n) is 4.76. The number of benzene rings is 1. The van der Waals surface area contributed by atoms with Crippen LogP contribution in [0.4, 0.5) is 0 Å². The number of aromatic carboxylic acids is 1. The topological polar surface area (TPSA) is 97.5 Å². The summed E-state index contributed by atoms with van der Waals surface area (Å²) in [5.74, 6) is -1.16. The Bertz CT molecular complexity index is 758. The number of para-hydroxylation sites is 1. The fourth-order valence-corrected chi connectivity index (χ4v) is 1.94. The van der Waals surface area contributed by atoms with Gasteiger partial charge in [0.2, 0.25) is 5.89 Å². The number of aromatic nitrogens is 1. The van der Waals surface area contributed by atoms with E-state index in [1.54, 1.807) is 6.07 Å². The number of carbonyl (C=O) groups is 1. The van der Waals surface area contributed by atoms with Crippen LogP contribution in [0, 0.1) is 0 Å². The van der Waals surface area contributed by atoms with Crippen molar-refractivity contribution in [2.24, 2.45) is 0 Å². The van der Waals surface area contributed by atoms with E-state index in [2.05, 4.69) is 4.98 Å². The molecule has 2 aromatic rings. The summed E-state index contributed by atoms with van der Waals surface area (Å²) in [6.45, 7) is 2.93. The molecule has 0 bridgehead atoms. The Morgan fingerprint density at radius 1 is 1.37 bits per heavy atom. The zero-order valence-electron chi connectivity index (χ0n) is 10.7. The SMILES string of the molecule is CC(C)(c1nc2cccc(C(=O)O)c2o1)S(C)(=O)=O. The van der Waals surface area contributed by atoms with Gasteiger partial charge in [-0.05, 0) is 26.0 Å². The molecule has 1 N–H and O–H groups in total. The molecule has 0 amide bonds. The zero-order valence-corrected chi connectivity index (χ0v) is 11.5. The molecule has 1 aromatic heterocycles. The first-order chi connectivity index (χ1) is 8.64. The van der Waals surface area contributed by atoms with Crippen molar-refractivity contribution in [3.63, 3.8) is 0 Å². The maximum atomic E-state index is 11.7.